The zero-order chi connectivity index (χ0) is 10.5. The summed E-state index contributed by atoms with van der Waals surface area (Å²) >= 11 is 0. The predicted molar refractivity (Wildman–Crippen MR) is 58.2 cm³/mol. The molecule has 0 saturated carbocycles. The van der Waals surface area contributed by atoms with Gasteiger partial charge in [0.25, 0.3) is 0 Å². The average Bonchev–Trinajstić information content (AvgIpc) is 2.71. The molecule has 15 heavy (non-hydrogen) atoms. The number of likely N-dealkylation sites (tertiary alicyclic amines) is 1. The Kier molecular flexibility index (Phi) is 3.75. The van der Waals surface area contributed by atoms with Crippen LogP contribution in [0, 0.1) is 5.92 Å². The van der Waals surface area contributed by atoms with Crippen molar-refractivity contribution in [3.63, 3.8) is 0 Å². The van der Waals surface area contributed by atoms with Crippen LogP contribution in [-0.4, -0.2) is 29.7 Å². The number of hydrogen-bond acceptors (Lipinski definition) is 4. The van der Waals surface area contributed by atoms with Crippen molar-refractivity contribution < 1.29 is 4.52 Å². The summed E-state index contributed by atoms with van der Waals surface area (Å²) in [5.41, 5.74) is 6.63. The summed E-state index contributed by atoms with van der Waals surface area (Å²) in [6.45, 7) is 4.05. The number of nitrogens with zero attached hydrogens (tertiary/aromatic N) is 2. The fraction of sp³-hybridized carbons (Fsp3) is 0.727. The number of nitrogens with two attached hydrogens (primary N) is 1. The minimum atomic E-state index is 0.774. The lowest BCUT2D eigenvalue weighted by Crippen LogP contribution is -2.35. The molecule has 0 aliphatic carbocycles. The van der Waals surface area contributed by atoms with Gasteiger partial charge in [-0.2, -0.15) is 0 Å². The van der Waals surface area contributed by atoms with Gasteiger partial charge in [0.2, 0.25) is 0 Å². The molecule has 2 heterocycles. The van der Waals surface area contributed by atoms with E-state index < -0.39 is 0 Å². The minimum absolute atomic E-state index is 0.774. The van der Waals surface area contributed by atoms with E-state index >= 15 is 0 Å². The Hall–Kier alpha value is -0.870. The topological polar surface area (TPSA) is 55.3 Å². The summed E-state index contributed by atoms with van der Waals surface area (Å²) in [7, 11) is 0. The second-order valence-corrected chi connectivity index (χ2v) is 4.31. The van der Waals surface area contributed by atoms with Crippen molar-refractivity contribution >= 4 is 0 Å². The maximum atomic E-state index is 5.59. The summed E-state index contributed by atoms with van der Waals surface area (Å²) in [4.78, 5) is 2.45. The van der Waals surface area contributed by atoms with Gasteiger partial charge in [-0.3, -0.25) is 4.90 Å². The zero-order valence-electron chi connectivity index (χ0n) is 9.06. The first kappa shape index (κ1) is 10.6. The van der Waals surface area contributed by atoms with E-state index in [4.69, 9.17) is 10.3 Å². The lowest BCUT2D eigenvalue weighted by Gasteiger charge is -2.31. The fourth-order valence-electron chi connectivity index (χ4n) is 2.31. The molecule has 1 aromatic rings. The lowest BCUT2D eigenvalue weighted by atomic mass is 9.95. The van der Waals surface area contributed by atoms with Gasteiger partial charge >= 0.3 is 0 Å². The highest BCUT2D eigenvalue weighted by molar-refractivity contribution is 4.95. The van der Waals surface area contributed by atoms with Crippen LogP contribution in [0.2, 0.25) is 0 Å². The van der Waals surface area contributed by atoms with Gasteiger partial charge in [-0.15, -0.1) is 0 Å². The van der Waals surface area contributed by atoms with E-state index in [-0.39, 0.29) is 0 Å². The highest BCUT2D eigenvalue weighted by Gasteiger charge is 2.19. The molecule has 4 nitrogen and oxygen atoms in total. The standard InChI is InChI=1S/C11H19N3O/c12-5-3-10-2-1-6-14(8-10)9-11-4-7-15-13-11/h4,7,10H,1-3,5-6,8-9,12H2. The molecular weight excluding hydrogens is 190 g/mol. The highest BCUT2D eigenvalue weighted by Crippen LogP contribution is 2.20. The van der Waals surface area contributed by atoms with Crippen molar-refractivity contribution in [3.8, 4) is 0 Å². The minimum Gasteiger partial charge on any atom is -0.364 e. The molecule has 0 spiro atoms. The molecule has 1 aliphatic rings. The number of rotatable bonds is 4. The number of piperidine rings is 1. The number of aromatic nitrogens is 1. The van der Waals surface area contributed by atoms with Crippen molar-refractivity contribution in [2.75, 3.05) is 19.6 Å². The van der Waals surface area contributed by atoms with E-state index in [1.807, 2.05) is 6.07 Å². The molecule has 1 atom stereocenters. The Bertz CT molecular complexity index is 271. The van der Waals surface area contributed by atoms with E-state index in [2.05, 4.69) is 10.1 Å². The summed E-state index contributed by atoms with van der Waals surface area (Å²) in [5.74, 6) is 0.774. The van der Waals surface area contributed by atoms with Gasteiger partial charge in [0.15, 0.2) is 0 Å². The fourth-order valence-corrected chi connectivity index (χ4v) is 2.31. The van der Waals surface area contributed by atoms with Gasteiger partial charge in [-0.05, 0) is 38.3 Å². The molecule has 2 N–H and O–H groups in total. The van der Waals surface area contributed by atoms with E-state index in [0.29, 0.717) is 0 Å². The van der Waals surface area contributed by atoms with Crippen LogP contribution < -0.4 is 5.73 Å². The molecule has 2 rings (SSSR count). The third-order valence-corrected chi connectivity index (χ3v) is 3.05. The molecular formula is C11H19N3O. The predicted octanol–water partition coefficient (Wildman–Crippen LogP) is 1.24. The van der Waals surface area contributed by atoms with Gasteiger partial charge in [-0.1, -0.05) is 5.16 Å². The van der Waals surface area contributed by atoms with Crippen molar-refractivity contribution in [2.45, 2.75) is 25.8 Å². The lowest BCUT2D eigenvalue weighted by molar-refractivity contribution is 0.159. The van der Waals surface area contributed by atoms with Crippen molar-refractivity contribution in [2.24, 2.45) is 11.7 Å². The average molecular weight is 209 g/mol. The maximum absolute atomic E-state index is 5.59. The monoisotopic (exact) mass is 209 g/mol. The molecule has 0 amide bonds. The van der Waals surface area contributed by atoms with E-state index in [1.54, 1.807) is 6.26 Å². The SMILES string of the molecule is NCCC1CCCN(Cc2ccon2)C1. The molecule has 1 aliphatic heterocycles. The first-order valence-corrected chi connectivity index (χ1v) is 5.70. The van der Waals surface area contributed by atoms with Crippen LogP contribution in [-0.2, 0) is 6.54 Å². The van der Waals surface area contributed by atoms with Crippen LogP contribution >= 0.6 is 0 Å². The van der Waals surface area contributed by atoms with E-state index in [9.17, 15) is 0 Å². The summed E-state index contributed by atoms with van der Waals surface area (Å²) in [5, 5.41) is 3.94. The summed E-state index contributed by atoms with van der Waals surface area (Å²) in [6, 6.07) is 1.94. The van der Waals surface area contributed by atoms with Gasteiger partial charge in [0.1, 0.15) is 6.26 Å². The van der Waals surface area contributed by atoms with Gasteiger partial charge in [-0.25, -0.2) is 0 Å². The smallest absolute Gasteiger partial charge is 0.124 e. The first-order valence-electron chi connectivity index (χ1n) is 5.70. The number of hydrogen-bond donors (Lipinski definition) is 1. The van der Waals surface area contributed by atoms with Crippen molar-refractivity contribution in [3.05, 3.63) is 18.0 Å². The Morgan fingerprint density at radius 1 is 1.60 bits per heavy atom. The summed E-state index contributed by atoms with van der Waals surface area (Å²) in [6.07, 6.45) is 5.39. The van der Waals surface area contributed by atoms with Gasteiger partial charge in [0.05, 0.1) is 5.69 Å². The van der Waals surface area contributed by atoms with E-state index in [0.717, 1.165) is 37.7 Å². The highest BCUT2D eigenvalue weighted by atomic mass is 16.5. The van der Waals surface area contributed by atoms with Crippen LogP contribution in [0.25, 0.3) is 0 Å². The second kappa shape index (κ2) is 5.28. The normalized spacial score (nSPS) is 23.1. The molecule has 1 fully saturated rings. The third-order valence-electron chi connectivity index (χ3n) is 3.05. The first-order chi connectivity index (χ1) is 7.38. The van der Waals surface area contributed by atoms with Crippen LogP contribution in [0.1, 0.15) is 25.0 Å². The Labute approximate surface area is 90.4 Å². The van der Waals surface area contributed by atoms with Crippen LogP contribution in [0.4, 0.5) is 0 Å². The summed E-state index contributed by atoms with van der Waals surface area (Å²) < 4.78 is 4.83. The third kappa shape index (κ3) is 3.04. The second-order valence-electron chi connectivity index (χ2n) is 4.31. The molecule has 1 aromatic heterocycles. The zero-order valence-corrected chi connectivity index (χ0v) is 9.06. The molecule has 0 aromatic carbocycles. The molecule has 1 unspecified atom stereocenters. The maximum Gasteiger partial charge on any atom is 0.124 e. The molecule has 0 radical (unpaired) electrons. The van der Waals surface area contributed by atoms with Gasteiger partial charge < -0.3 is 10.3 Å². The molecule has 4 heteroatoms. The Balaban J connectivity index is 1.82. The van der Waals surface area contributed by atoms with Gasteiger partial charge in [0, 0.05) is 19.2 Å². The molecule has 84 valence electrons. The van der Waals surface area contributed by atoms with Crippen molar-refractivity contribution in [1.29, 1.82) is 0 Å². The van der Waals surface area contributed by atoms with Crippen molar-refractivity contribution in [1.82, 2.24) is 10.1 Å². The van der Waals surface area contributed by atoms with Crippen LogP contribution in [0.5, 0.6) is 0 Å². The van der Waals surface area contributed by atoms with E-state index in [1.165, 1.54) is 19.4 Å². The molecule has 0 bridgehead atoms. The molecule has 1 saturated heterocycles. The van der Waals surface area contributed by atoms with Crippen LogP contribution in [0.15, 0.2) is 16.9 Å². The largest absolute Gasteiger partial charge is 0.364 e. The Morgan fingerprint density at radius 3 is 3.27 bits per heavy atom. The Morgan fingerprint density at radius 2 is 2.53 bits per heavy atom. The van der Waals surface area contributed by atoms with Crippen LogP contribution in [0.3, 0.4) is 0 Å². The quantitative estimate of drug-likeness (QED) is 0.810.